The number of aromatic nitrogens is 1. The summed E-state index contributed by atoms with van der Waals surface area (Å²) in [5.74, 6) is -0.555. The number of carbonyl (C=O) groups excluding carboxylic acids is 1. The van der Waals surface area contributed by atoms with Crippen LogP contribution < -0.4 is 5.73 Å². The molecule has 7 heteroatoms. The van der Waals surface area contributed by atoms with Crippen molar-refractivity contribution in [1.82, 2.24) is 4.98 Å². The average Bonchev–Trinajstić information content (AvgIpc) is 2.37. The minimum atomic E-state index is -2.86. The molecule has 0 fully saturated rings. The van der Waals surface area contributed by atoms with Crippen LogP contribution >= 0.6 is 0 Å². The highest BCUT2D eigenvalue weighted by Gasteiger charge is 2.21. The van der Waals surface area contributed by atoms with E-state index in [1.165, 1.54) is 7.11 Å². The molecular weight excluding hydrogens is 244 g/mol. The molecule has 5 nitrogen and oxygen atoms in total. The van der Waals surface area contributed by atoms with Crippen LogP contribution in [0.3, 0.4) is 0 Å². The number of rotatable bonds is 4. The number of halogens is 2. The third-order valence-electron chi connectivity index (χ3n) is 2.39. The van der Waals surface area contributed by atoms with Gasteiger partial charge in [-0.1, -0.05) is 0 Å². The molecule has 0 aliphatic carbocycles. The second-order valence-corrected chi connectivity index (χ2v) is 3.39. The second kappa shape index (κ2) is 6.02. The molecule has 0 spiro atoms. The number of nitriles is 1. The summed E-state index contributed by atoms with van der Waals surface area (Å²) >= 11 is 0. The second-order valence-electron chi connectivity index (χ2n) is 3.39. The highest BCUT2D eigenvalue weighted by molar-refractivity contribution is 5.73. The zero-order valence-corrected chi connectivity index (χ0v) is 9.61. The summed E-state index contributed by atoms with van der Waals surface area (Å²) in [6.45, 7) is -0.128. The molecule has 1 aromatic heterocycles. The lowest BCUT2D eigenvalue weighted by Gasteiger charge is -2.11. The minimum absolute atomic E-state index is 0.128. The van der Waals surface area contributed by atoms with Gasteiger partial charge in [0.1, 0.15) is 11.8 Å². The van der Waals surface area contributed by atoms with Crippen molar-refractivity contribution in [3.8, 4) is 6.07 Å². The third kappa shape index (κ3) is 2.78. The van der Waals surface area contributed by atoms with Crippen LogP contribution in [0.25, 0.3) is 0 Å². The van der Waals surface area contributed by atoms with Crippen LogP contribution in [-0.2, 0) is 22.5 Å². The number of pyridine rings is 1. The predicted octanol–water partition coefficient (Wildman–Crippen LogP) is 1.07. The zero-order valence-electron chi connectivity index (χ0n) is 9.61. The van der Waals surface area contributed by atoms with Crippen LogP contribution in [0.4, 0.5) is 8.78 Å². The lowest BCUT2D eigenvalue weighted by Crippen LogP contribution is -2.13. The van der Waals surface area contributed by atoms with Gasteiger partial charge in [-0.2, -0.15) is 5.26 Å². The monoisotopic (exact) mass is 255 g/mol. The van der Waals surface area contributed by atoms with E-state index in [1.54, 1.807) is 6.07 Å². The number of esters is 1. The summed E-state index contributed by atoms with van der Waals surface area (Å²) in [6, 6.07) is 1.65. The molecular formula is C11H11F2N3O2. The smallest absolute Gasteiger partial charge is 0.310 e. The summed E-state index contributed by atoms with van der Waals surface area (Å²) in [5, 5.41) is 8.90. The van der Waals surface area contributed by atoms with Crippen molar-refractivity contribution in [2.75, 3.05) is 7.11 Å². The fourth-order valence-corrected chi connectivity index (χ4v) is 1.51. The van der Waals surface area contributed by atoms with Gasteiger partial charge in [-0.15, -0.1) is 0 Å². The Labute approximate surface area is 102 Å². The molecule has 0 aromatic carbocycles. The normalized spacial score (nSPS) is 10.2. The molecule has 0 bridgehead atoms. The summed E-state index contributed by atoms with van der Waals surface area (Å²) in [5.41, 5.74) is 5.08. The van der Waals surface area contributed by atoms with Crippen LogP contribution in [-0.4, -0.2) is 18.1 Å². The summed E-state index contributed by atoms with van der Waals surface area (Å²) in [4.78, 5) is 14.7. The lowest BCUT2D eigenvalue weighted by atomic mass is 10.00. The average molecular weight is 255 g/mol. The number of ether oxygens (including phenoxy) is 1. The quantitative estimate of drug-likeness (QED) is 0.813. The molecule has 0 saturated carbocycles. The van der Waals surface area contributed by atoms with Crippen LogP contribution in [0.2, 0.25) is 0 Å². The molecule has 18 heavy (non-hydrogen) atoms. The Morgan fingerprint density at radius 3 is 2.78 bits per heavy atom. The van der Waals surface area contributed by atoms with Gasteiger partial charge in [-0.3, -0.25) is 9.78 Å². The molecule has 96 valence electrons. The molecule has 0 aliphatic rings. The molecule has 0 atom stereocenters. The van der Waals surface area contributed by atoms with E-state index in [0.29, 0.717) is 5.56 Å². The van der Waals surface area contributed by atoms with Gasteiger partial charge in [0.2, 0.25) is 0 Å². The maximum Gasteiger partial charge on any atom is 0.310 e. The molecule has 2 N–H and O–H groups in total. The Balaban J connectivity index is 3.31. The molecule has 1 aromatic rings. The number of nitrogens with two attached hydrogens (primary N) is 1. The molecule has 1 rings (SSSR count). The third-order valence-corrected chi connectivity index (χ3v) is 2.39. The van der Waals surface area contributed by atoms with Gasteiger partial charge < -0.3 is 10.5 Å². The SMILES string of the molecule is COC(=O)Cc1cnc(C(F)F)c(C#N)c1CN. The minimum Gasteiger partial charge on any atom is -0.469 e. The van der Waals surface area contributed by atoms with E-state index in [1.807, 2.05) is 0 Å². The van der Waals surface area contributed by atoms with Crippen LogP contribution in [0.5, 0.6) is 0 Å². The van der Waals surface area contributed by atoms with E-state index >= 15 is 0 Å². The van der Waals surface area contributed by atoms with Crippen molar-refractivity contribution in [3.05, 3.63) is 28.6 Å². The van der Waals surface area contributed by atoms with Gasteiger partial charge in [-0.25, -0.2) is 8.78 Å². The van der Waals surface area contributed by atoms with Crippen LogP contribution in [0.15, 0.2) is 6.20 Å². The van der Waals surface area contributed by atoms with Crippen molar-refractivity contribution in [2.24, 2.45) is 5.73 Å². The van der Waals surface area contributed by atoms with Gasteiger partial charge in [0.25, 0.3) is 6.43 Å². The number of hydrogen-bond donors (Lipinski definition) is 1. The number of nitrogens with zero attached hydrogens (tertiary/aromatic N) is 2. The van der Waals surface area contributed by atoms with E-state index in [4.69, 9.17) is 11.0 Å². The van der Waals surface area contributed by atoms with Gasteiger partial charge in [0.15, 0.2) is 0 Å². The Morgan fingerprint density at radius 2 is 2.33 bits per heavy atom. The Morgan fingerprint density at radius 1 is 1.67 bits per heavy atom. The molecule has 0 unspecified atom stereocenters. The maximum atomic E-state index is 12.6. The first kappa shape index (κ1) is 14.0. The Hall–Kier alpha value is -2.07. The largest absolute Gasteiger partial charge is 0.469 e. The standard InChI is InChI=1S/C11H11F2N3O2/c1-18-9(17)2-6-5-16-10(11(12)13)8(4-15)7(6)3-14/h5,11H,2-3,14H2,1H3. The fourth-order valence-electron chi connectivity index (χ4n) is 1.51. The first-order chi connectivity index (χ1) is 8.54. The number of carbonyl (C=O) groups is 1. The topological polar surface area (TPSA) is 89.0 Å². The first-order valence-corrected chi connectivity index (χ1v) is 5.00. The van der Waals surface area contributed by atoms with E-state index in [0.717, 1.165) is 6.20 Å². The van der Waals surface area contributed by atoms with Crippen molar-refractivity contribution in [1.29, 1.82) is 5.26 Å². The maximum absolute atomic E-state index is 12.6. The zero-order chi connectivity index (χ0) is 13.7. The lowest BCUT2D eigenvalue weighted by molar-refractivity contribution is -0.139. The van der Waals surface area contributed by atoms with E-state index in [2.05, 4.69) is 9.72 Å². The summed E-state index contributed by atoms with van der Waals surface area (Å²) < 4.78 is 29.8. The summed E-state index contributed by atoms with van der Waals surface area (Å²) in [6.07, 6.45) is -1.90. The predicted molar refractivity (Wildman–Crippen MR) is 57.5 cm³/mol. The van der Waals surface area contributed by atoms with Crippen molar-refractivity contribution < 1.29 is 18.3 Å². The number of alkyl halides is 2. The van der Waals surface area contributed by atoms with Gasteiger partial charge in [-0.05, 0) is 11.1 Å². The number of methoxy groups -OCH3 is 1. The molecule has 0 amide bonds. The Kier molecular flexibility index (Phi) is 4.68. The Bertz CT molecular complexity index is 498. The van der Waals surface area contributed by atoms with E-state index in [-0.39, 0.29) is 24.1 Å². The highest BCUT2D eigenvalue weighted by atomic mass is 19.3. The van der Waals surface area contributed by atoms with Gasteiger partial charge >= 0.3 is 5.97 Å². The molecule has 0 saturated heterocycles. The molecule has 0 radical (unpaired) electrons. The van der Waals surface area contributed by atoms with E-state index in [9.17, 15) is 13.6 Å². The van der Waals surface area contributed by atoms with Crippen molar-refractivity contribution >= 4 is 5.97 Å². The number of hydrogen-bond acceptors (Lipinski definition) is 5. The van der Waals surface area contributed by atoms with Gasteiger partial charge in [0.05, 0.1) is 19.1 Å². The van der Waals surface area contributed by atoms with Crippen LogP contribution in [0.1, 0.15) is 28.8 Å². The van der Waals surface area contributed by atoms with Crippen molar-refractivity contribution in [3.63, 3.8) is 0 Å². The van der Waals surface area contributed by atoms with Crippen LogP contribution in [0, 0.1) is 11.3 Å². The fraction of sp³-hybridized carbons (Fsp3) is 0.364. The highest BCUT2D eigenvalue weighted by Crippen LogP contribution is 2.25. The van der Waals surface area contributed by atoms with Crippen molar-refractivity contribution in [2.45, 2.75) is 19.4 Å². The summed E-state index contributed by atoms with van der Waals surface area (Å²) in [7, 11) is 1.20. The molecule has 0 aliphatic heterocycles. The first-order valence-electron chi connectivity index (χ1n) is 5.00. The van der Waals surface area contributed by atoms with E-state index < -0.39 is 18.1 Å². The molecule has 1 heterocycles. The van der Waals surface area contributed by atoms with Gasteiger partial charge in [0, 0.05) is 12.7 Å².